The first-order valence-electron chi connectivity index (χ1n) is 2.74. The zero-order chi connectivity index (χ0) is 6.24. The summed E-state index contributed by atoms with van der Waals surface area (Å²) >= 11 is 5.31. The van der Waals surface area contributed by atoms with Gasteiger partial charge in [0.05, 0.1) is 12.9 Å². The minimum atomic E-state index is 0.531. The highest BCUT2D eigenvalue weighted by Gasteiger charge is 1.72. The van der Waals surface area contributed by atoms with E-state index in [-0.39, 0.29) is 0 Å². The molecule has 0 unspecified atom stereocenters. The predicted molar refractivity (Wildman–Crippen MR) is 36.1 cm³/mol. The van der Waals surface area contributed by atoms with Gasteiger partial charge in [-0.05, 0) is 12.5 Å². The van der Waals surface area contributed by atoms with Crippen LogP contribution in [0.4, 0.5) is 0 Å². The minimum absolute atomic E-state index is 0.531. The fraction of sp³-hybridized carbons (Fsp3) is 0.667. The van der Waals surface area contributed by atoms with E-state index >= 15 is 0 Å². The van der Waals surface area contributed by atoms with Gasteiger partial charge in [-0.3, -0.25) is 0 Å². The van der Waals surface area contributed by atoms with Crippen LogP contribution in [0, 0.1) is 0 Å². The molecule has 2 heteroatoms. The monoisotopic (exact) mass is 134 g/mol. The van der Waals surface area contributed by atoms with Crippen LogP contribution in [-0.4, -0.2) is 12.5 Å². The van der Waals surface area contributed by atoms with Crippen LogP contribution in [0.3, 0.4) is 0 Å². The first-order valence-corrected chi connectivity index (χ1v) is 3.27. The predicted octanol–water partition coefficient (Wildman–Crippen LogP) is 2.17. The van der Waals surface area contributed by atoms with E-state index in [4.69, 9.17) is 16.3 Å². The maximum absolute atomic E-state index is 5.31. The van der Waals surface area contributed by atoms with Gasteiger partial charge >= 0.3 is 0 Å². The van der Waals surface area contributed by atoms with Gasteiger partial charge in [-0.1, -0.05) is 6.92 Å². The van der Waals surface area contributed by atoms with Crippen LogP contribution in [-0.2, 0) is 4.74 Å². The molecule has 0 aliphatic heterocycles. The van der Waals surface area contributed by atoms with E-state index in [0.717, 1.165) is 13.0 Å². The molecule has 0 saturated carbocycles. The number of hydrogen-bond acceptors (Lipinski definition) is 1. The quantitative estimate of drug-likeness (QED) is 0.325. The first-order chi connectivity index (χ1) is 3.91. The second-order valence-electron chi connectivity index (χ2n) is 1.40. The molecule has 0 saturated heterocycles. The normalized spacial score (nSPS) is 10.2. The molecule has 48 valence electrons. The standard InChI is InChI=1S/C6H11ClO/c1-2-5-8-6-3-4-7/h3,6H,2,4-5H2,1H3/b6-3-. The van der Waals surface area contributed by atoms with Crippen molar-refractivity contribution in [3.8, 4) is 0 Å². The number of halogens is 1. The summed E-state index contributed by atoms with van der Waals surface area (Å²) in [6, 6.07) is 0. The Morgan fingerprint density at radius 1 is 1.62 bits per heavy atom. The summed E-state index contributed by atoms with van der Waals surface area (Å²) < 4.78 is 4.96. The molecule has 0 amide bonds. The lowest BCUT2D eigenvalue weighted by Gasteiger charge is -1.92. The second-order valence-corrected chi connectivity index (χ2v) is 1.71. The van der Waals surface area contributed by atoms with Gasteiger partial charge in [0.1, 0.15) is 0 Å². The van der Waals surface area contributed by atoms with Gasteiger partial charge in [-0.25, -0.2) is 0 Å². The summed E-state index contributed by atoms with van der Waals surface area (Å²) in [6.07, 6.45) is 4.46. The third kappa shape index (κ3) is 5.83. The van der Waals surface area contributed by atoms with E-state index in [9.17, 15) is 0 Å². The highest BCUT2D eigenvalue weighted by atomic mass is 35.5. The SMILES string of the molecule is CCCO/C=C\CCl. The summed E-state index contributed by atoms with van der Waals surface area (Å²) in [5.41, 5.74) is 0. The van der Waals surface area contributed by atoms with Crippen LogP contribution in [0.5, 0.6) is 0 Å². The molecule has 1 nitrogen and oxygen atoms in total. The van der Waals surface area contributed by atoms with Crippen molar-refractivity contribution in [3.63, 3.8) is 0 Å². The van der Waals surface area contributed by atoms with Crippen molar-refractivity contribution in [2.45, 2.75) is 13.3 Å². The molecule has 0 rings (SSSR count). The highest BCUT2D eigenvalue weighted by Crippen LogP contribution is 1.82. The van der Waals surface area contributed by atoms with E-state index in [1.54, 1.807) is 12.3 Å². The highest BCUT2D eigenvalue weighted by molar-refractivity contribution is 6.18. The van der Waals surface area contributed by atoms with Crippen molar-refractivity contribution in [1.29, 1.82) is 0 Å². The number of rotatable bonds is 4. The smallest absolute Gasteiger partial charge is 0.0870 e. The molecule has 0 aromatic heterocycles. The van der Waals surface area contributed by atoms with Crippen molar-refractivity contribution in [2.75, 3.05) is 12.5 Å². The third-order valence-corrected chi connectivity index (χ3v) is 0.782. The van der Waals surface area contributed by atoms with E-state index in [2.05, 4.69) is 6.92 Å². The zero-order valence-corrected chi connectivity index (χ0v) is 5.82. The van der Waals surface area contributed by atoms with E-state index in [1.807, 2.05) is 0 Å². The van der Waals surface area contributed by atoms with Gasteiger partial charge in [-0.2, -0.15) is 0 Å². The number of alkyl halides is 1. The fourth-order valence-electron chi connectivity index (χ4n) is 0.290. The minimum Gasteiger partial charge on any atom is -0.502 e. The maximum Gasteiger partial charge on any atom is 0.0870 e. The van der Waals surface area contributed by atoms with Crippen molar-refractivity contribution in [2.24, 2.45) is 0 Å². The lowest BCUT2D eigenvalue weighted by atomic mass is 10.5. The summed E-state index contributed by atoms with van der Waals surface area (Å²) in [6.45, 7) is 2.85. The van der Waals surface area contributed by atoms with Crippen LogP contribution >= 0.6 is 11.6 Å². The Morgan fingerprint density at radius 3 is 2.88 bits per heavy atom. The lowest BCUT2D eigenvalue weighted by Crippen LogP contribution is -1.81. The molecule has 0 aliphatic carbocycles. The zero-order valence-electron chi connectivity index (χ0n) is 5.06. The molecule has 0 fully saturated rings. The molecule has 0 N–H and O–H groups in total. The molecule has 8 heavy (non-hydrogen) atoms. The Labute approximate surface area is 55.3 Å². The Kier molecular flexibility index (Phi) is 6.68. The number of ether oxygens (including phenoxy) is 1. The third-order valence-electron chi connectivity index (χ3n) is 0.604. The van der Waals surface area contributed by atoms with Crippen LogP contribution in [0.2, 0.25) is 0 Å². The summed E-state index contributed by atoms with van der Waals surface area (Å²) in [7, 11) is 0. The van der Waals surface area contributed by atoms with Crippen LogP contribution < -0.4 is 0 Å². The molecule has 0 bridgehead atoms. The van der Waals surface area contributed by atoms with Crippen molar-refractivity contribution in [1.82, 2.24) is 0 Å². The van der Waals surface area contributed by atoms with Crippen LogP contribution in [0.1, 0.15) is 13.3 Å². The number of hydrogen-bond donors (Lipinski definition) is 0. The van der Waals surface area contributed by atoms with Gasteiger partial charge in [0.2, 0.25) is 0 Å². The second kappa shape index (κ2) is 6.83. The molecular formula is C6H11ClO. The summed E-state index contributed by atoms with van der Waals surface area (Å²) in [4.78, 5) is 0. The summed E-state index contributed by atoms with van der Waals surface area (Å²) in [5, 5.41) is 0. The van der Waals surface area contributed by atoms with Crippen molar-refractivity contribution in [3.05, 3.63) is 12.3 Å². The lowest BCUT2D eigenvalue weighted by molar-refractivity contribution is 0.249. The molecule has 0 aromatic carbocycles. The average Bonchev–Trinajstić information content (AvgIpc) is 1.81. The van der Waals surface area contributed by atoms with Gasteiger partial charge in [-0.15, -0.1) is 11.6 Å². The fourth-order valence-corrected chi connectivity index (χ4v) is 0.363. The van der Waals surface area contributed by atoms with E-state index < -0.39 is 0 Å². The molecular weight excluding hydrogens is 124 g/mol. The molecule has 0 radical (unpaired) electrons. The number of allylic oxidation sites excluding steroid dienone is 1. The van der Waals surface area contributed by atoms with Crippen LogP contribution in [0.15, 0.2) is 12.3 Å². The largest absolute Gasteiger partial charge is 0.502 e. The van der Waals surface area contributed by atoms with E-state index in [1.165, 1.54) is 0 Å². The van der Waals surface area contributed by atoms with Gasteiger partial charge in [0, 0.05) is 5.88 Å². The summed E-state index contributed by atoms with van der Waals surface area (Å²) in [5.74, 6) is 0.531. The van der Waals surface area contributed by atoms with Gasteiger partial charge in [0.25, 0.3) is 0 Å². The van der Waals surface area contributed by atoms with Gasteiger partial charge in [0.15, 0.2) is 0 Å². The molecule has 0 aromatic rings. The van der Waals surface area contributed by atoms with E-state index in [0.29, 0.717) is 5.88 Å². The van der Waals surface area contributed by atoms with Gasteiger partial charge < -0.3 is 4.74 Å². The Bertz CT molecular complexity index is 61.5. The Balaban J connectivity index is 2.80. The molecule has 0 spiro atoms. The van der Waals surface area contributed by atoms with Crippen molar-refractivity contribution < 1.29 is 4.74 Å². The Hall–Kier alpha value is -0.170. The molecule has 0 aliphatic rings. The molecule has 0 heterocycles. The van der Waals surface area contributed by atoms with Crippen molar-refractivity contribution >= 4 is 11.6 Å². The average molecular weight is 135 g/mol. The first kappa shape index (κ1) is 7.83. The maximum atomic E-state index is 5.31. The topological polar surface area (TPSA) is 9.23 Å². The Morgan fingerprint density at radius 2 is 2.38 bits per heavy atom. The van der Waals surface area contributed by atoms with Crippen LogP contribution in [0.25, 0.3) is 0 Å². The molecule has 0 atom stereocenters.